The molecule has 4 atom stereocenters. The van der Waals surface area contributed by atoms with E-state index in [1.807, 2.05) is 0 Å². The first-order chi connectivity index (χ1) is 13.7. The van der Waals surface area contributed by atoms with Gasteiger partial charge < -0.3 is 9.26 Å². The maximum absolute atomic E-state index is 12.8. The summed E-state index contributed by atoms with van der Waals surface area (Å²) in [6, 6.07) is 4.97. The monoisotopic (exact) mass is 425 g/mol. The van der Waals surface area contributed by atoms with E-state index in [2.05, 4.69) is 4.98 Å². The summed E-state index contributed by atoms with van der Waals surface area (Å²) in [5.74, 6) is 0.0836. The van der Waals surface area contributed by atoms with Crippen molar-refractivity contribution in [3.8, 4) is 5.75 Å². The first kappa shape index (κ1) is 19.5. The van der Waals surface area contributed by atoms with Crippen LogP contribution in [0.1, 0.15) is 18.2 Å². The number of non-ortho nitro benzene ring substituents is 1. The fourth-order valence-corrected chi connectivity index (χ4v) is 4.52. The van der Waals surface area contributed by atoms with Crippen LogP contribution in [0.3, 0.4) is 0 Å². The maximum Gasteiger partial charge on any atom is 0.530 e. The fraction of sp³-hybridized carbons (Fsp3) is 0.375. The normalized spacial score (nSPS) is 28.7. The number of nitrogens with one attached hydrogen (secondary N) is 1. The van der Waals surface area contributed by atoms with Crippen molar-refractivity contribution in [2.45, 2.75) is 31.8 Å². The van der Waals surface area contributed by atoms with E-state index in [1.54, 1.807) is 6.92 Å². The highest BCUT2D eigenvalue weighted by atomic mass is 31.2. The van der Waals surface area contributed by atoms with Crippen molar-refractivity contribution in [2.24, 2.45) is 0 Å². The summed E-state index contributed by atoms with van der Waals surface area (Å²) in [6.07, 6.45) is -0.412. The Morgan fingerprint density at radius 1 is 1.28 bits per heavy atom. The second kappa shape index (κ2) is 7.23. The summed E-state index contributed by atoms with van der Waals surface area (Å²) in [4.78, 5) is 35.9. The number of nitro benzene ring substituents is 1. The Morgan fingerprint density at radius 2 is 2.00 bits per heavy atom. The summed E-state index contributed by atoms with van der Waals surface area (Å²) in [7, 11) is -3.99. The molecule has 1 aromatic carbocycles. The Hall–Kier alpha value is -2.79. The van der Waals surface area contributed by atoms with Crippen LogP contribution in [0, 0.1) is 17.0 Å². The van der Waals surface area contributed by atoms with Gasteiger partial charge in [-0.05, 0) is 19.1 Å². The second-order valence-electron chi connectivity index (χ2n) is 6.57. The number of aromatic nitrogens is 2. The van der Waals surface area contributed by atoms with Gasteiger partial charge in [-0.3, -0.25) is 33.5 Å². The molecule has 0 amide bonds. The number of hydrogen-bond donors (Lipinski definition) is 1. The Bertz CT molecular complexity index is 1110. The van der Waals surface area contributed by atoms with Gasteiger partial charge in [0.05, 0.1) is 11.5 Å². The van der Waals surface area contributed by atoms with Crippen LogP contribution in [-0.4, -0.2) is 33.3 Å². The van der Waals surface area contributed by atoms with Gasteiger partial charge >= 0.3 is 13.5 Å². The van der Waals surface area contributed by atoms with Crippen LogP contribution in [0.15, 0.2) is 40.1 Å². The number of phosphoric ester groups is 1. The molecule has 1 unspecified atom stereocenters. The first-order valence-corrected chi connectivity index (χ1v) is 10.0. The van der Waals surface area contributed by atoms with E-state index < -0.39 is 42.4 Å². The van der Waals surface area contributed by atoms with Gasteiger partial charge in [0, 0.05) is 30.3 Å². The maximum atomic E-state index is 12.8. The van der Waals surface area contributed by atoms with E-state index in [1.165, 1.54) is 35.0 Å². The first-order valence-electron chi connectivity index (χ1n) is 8.59. The zero-order valence-electron chi connectivity index (χ0n) is 15.0. The zero-order chi connectivity index (χ0) is 20.8. The predicted octanol–water partition coefficient (Wildman–Crippen LogP) is 1.64. The number of phosphoric acid groups is 1. The molecule has 4 rings (SSSR count). The molecule has 2 aromatic rings. The molecule has 0 aliphatic carbocycles. The molecule has 0 radical (unpaired) electrons. The molecule has 1 aromatic heterocycles. The minimum absolute atomic E-state index is 0.0836. The molecule has 2 aliphatic heterocycles. The van der Waals surface area contributed by atoms with Gasteiger partial charge in [0.15, 0.2) is 0 Å². The Balaban J connectivity index is 1.48. The number of nitro groups is 1. The number of H-pyrrole nitrogens is 1. The summed E-state index contributed by atoms with van der Waals surface area (Å²) < 4.78 is 35.8. The van der Waals surface area contributed by atoms with Gasteiger partial charge in [-0.1, -0.05) is 0 Å². The van der Waals surface area contributed by atoms with Crippen molar-refractivity contribution in [1.82, 2.24) is 9.55 Å². The predicted molar refractivity (Wildman–Crippen MR) is 96.7 cm³/mol. The van der Waals surface area contributed by atoms with Crippen molar-refractivity contribution < 1.29 is 27.8 Å². The lowest BCUT2D eigenvalue weighted by Gasteiger charge is -2.29. The third-order valence-electron chi connectivity index (χ3n) is 4.56. The van der Waals surface area contributed by atoms with Gasteiger partial charge in [0.2, 0.25) is 0 Å². The number of aromatic amines is 1. The van der Waals surface area contributed by atoms with Crippen molar-refractivity contribution in [2.75, 3.05) is 6.61 Å². The zero-order valence-corrected chi connectivity index (χ0v) is 15.9. The minimum atomic E-state index is -3.99. The number of benzene rings is 1. The van der Waals surface area contributed by atoms with Crippen molar-refractivity contribution >= 4 is 13.5 Å². The van der Waals surface area contributed by atoms with Crippen molar-refractivity contribution in [3.63, 3.8) is 0 Å². The molecule has 2 aliphatic rings. The van der Waals surface area contributed by atoms with Crippen LogP contribution in [0.25, 0.3) is 0 Å². The Morgan fingerprint density at radius 3 is 2.69 bits per heavy atom. The number of ether oxygens (including phenoxy) is 1. The average Bonchev–Trinajstić information content (AvgIpc) is 3.07. The quantitative estimate of drug-likeness (QED) is 0.438. The van der Waals surface area contributed by atoms with Crippen LogP contribution in [0.4, 0.5) is 5.69 Å². The number of hydrogen-bond acceptors (Lipinski definition) is 9. The van der Waals surface area contributed by atoms with Crippen LogP contribution < -0.4 is 15.8 Å². The van der Waals surface area contributed by atoms with E-state index >= 15 is 0 Å². The Labute approximate surface area is 162 Å². The van der Waals surface area contributed by atoms with Gasteiger partial charge in [-0.2, -0.15) is 0 Å². The third-order valence-corrected chi connectivity index (χ3v) is 5.99. The van der Waals surface area contributed by atoms with Gasteiger partial charge in [-0.25, -0.2) is 9.36 Å². The number of fused-ring (bicyclic) bond motifs is 1. The van der Waals surface area contributed by atoms with Gasteiger partial charge in [-0.15, -0.1) is 0 Å². The lowest BCUT2D eigenvalue weighted by molar-refractivity contribution is -0.384. The van der Waals surface area contributed by atoms with Crippen molar-refractivity contribution in [1.29, 1.82) is 0 Å². The molecule has 154 valence electrons. The third kappa shape index (κ3) is 3.87. The van der Waals surface area contributed by atoms with Crippen LogP contribution in [0.2, 0.25) is 0 Å². The number of aryl methyl sites for hydroxylation is 1. The van der Waals surface area contributed by atoms with E-state index in [-0.39, 0.29) is 24.5 Å². The molecule has 13 heteroatoms. The largest absolute Gasteiger partial charge is 0.530 e. The summed E-state index contributed by atoms with van der Waals surface area (Å²) in [6.45, 7) is 1.46. The lowest BCUT2D eigenvalue weighted by Crippen LogP contribution is -2.34. The van der Waals surface area contributed by atoms with E-state index in [0.29, 0.717) is 5.56 Å². The van der Waals surface area contributed by atoms with E-state index in [0.717, 1.165) is 0 Å². The molecule has 3 heterocycles. The second-order valence-corrected chi connectivity index (χ2v) is 8.12. The van der Waals surface area contributed by atoms with Crippen LogP contribution >= 0.6 is 7.82 Å². The standard InChI is InChI=1S/C16H16N3O9P/c1-9-7-18(16(21)17-15(9)20)14-6-12-13(26-14)8-25-29(24,28-12)27-11-4-2-10(3-5-11)19(22)23/h2-5,7,12-14H,6,8H2,1H3,(H,17,20,21)/t12-,13+,14+,29?/m0/s1. The SMILES string of the molecule is Cc1cn([C@H]2C[C@@H]3OP(=O)(Oc4ccc([N+](=O)[O-])cc4)OC[C@H]3O2)c(=O)[nH]c1=O. The van der Waals surface area contributed by atoms with Crippen LogP contribution in [-0.2, 0) is 18.3 Å². The van der Waals surface area contributed by atoms with Gasteiger partial charge in [0.25, 0.3) is 11.2 Å². The Kier molecular flexibility index (Phi) is 4.87. The molecular weight excluding hydrogens is 409 g/mol. The van der Waals surface area contributed by atoms with Crippen LogP contribution in [0.5, 0.6) is 5.75 Å². The average molecular weight is 425 g/mol. The molecule has 29 heavy (non-hydrogen) atoms. The number of rotatable bonds is 4. The van der Waals surface area contributed by atoms with E-state index in [4.69, 9.17) is 18.3 Å². The fourth-order valence-electron chi connectivity index (χ4n) is 3.10. The number of nitrogens with zero attached hydrogens (tertiary/aromatic N) is 2. The molecule has 0 saturated carbocycles. The summed E-state index contributed by atoms with van der Waals surface area (Å²) in [5.41, 5.74) is -0.917. The molecule has 2 fully saturated rings. The minimum Gasteiger partial charge on any atom is -0.404 e. The molecular formula is C16H16N3O9P. The summed E-state index contributed by atoms with van der Waals surface area (Å²) >= 11 is 0. The topological polar surface area (TPSA) is 152 Å². The highest BCUT2D eigenvalue weighted by molar-refractivity contribution is 7.49. The molecule has 12 nitrogen and oxygen atoms in total. The van der Waals surface area contributed by atoms with E-state index in [9.17, 15) is 24.3 Å². The van der Waals surface area contributed by atoms with Gasteiger partial charge in [0.1, 0.15) is 24.2 Å². The highest BCUT2D eigenvalue weighted by Crippen LogP contribution is 2.56. The lowest BCUT2D eigenvalue weighted by atomic mass is 10.2. The molecule has 0 bridgehead atoms. The highest BCUT2D eigenvalue weighted by Gasteiger charge is 2.48. The van der Waals surface area contributed by atoms with Crippen molar-refractivity contribution in [3.05, 3.63) is 67.0 Å². The smallest absolute Gasteiger partial charge is 0.404 e. The molecule has 0 spiro atoms. The summed E-state index contributed by atoms with van der Waals surface area (Å²) in [5, 5.41) is 10.7. The molecule has 2 saturated heterocycles. The molecule has 1 N–H and O–H groups in total.